The molecule has 0 bridgehead atoms. The van der Waals surface area contributed by atoms with Crippen molar-refractivity contribution < 1.29 is 9.53 Å². The highest BCUT2D eigenvalue weighted by molar-refractivity contribution is 5.95. The Morgan fingerprint density at radius 3 is 2.89 bits per heavy atom. The molecule has 1 heterocycles. The molecule has 1 aliphatic heterocycles. The number of ether oxygens (including phenoxy) is 1. The Labute approximate surface area is 107 Å². The molecule has 0 aromatic heterocycles. The van der Waals surface area contributed by atoms with Gasteiger partial charge in [0.25, 0.3) is 0 Å². The quantitative estimate of drug-likeness (QED) is 0.845. The lowest BCUT2D eigenvalue weighted by molar-refractivity contribution is -0.118. The number of methoxy groups -OCH3 is 1. The van der Waals surface area contributed by atoms with Crippen LogP contribution in [0.4, 0.5) is 5.69 Å². The molecule has 0 radical (unpaired) electrons. The molecular weight excluding hydrogens is 230 g/mol. The first-order valence-electron chi connectivity index (χ1n) is 6.19. The summed E-state index contributed by atoms with van der Waals surface area (Å²) in [5.74, 6) is 0.821. The Morgan fingerprint density at radius 2 is 2.17 bits per heavy atom. The van der Waals surface area contributed by atoms with E-state index < -0.39 is 0 Å². The van der Waals surface area contributed by atoms with Crippen molar-refractivity contribution in [2.45, 2.75) is 12.8 Å². The predicted octanol–water partition coefficient (Wildman–Crippen LogP) is 0.998. The third-order valence-electron chi connectivity index (χ3n) is 3.04. The molecule has 0 unspecified atom stereocenters. The number of hydrogen-bond donors (Lipinski definition) is 1. The number of nitrogens with zero attached hydrogens (tertiary/aromatic N) is 2. The van der Waals surface area contributed by atoms with Crippen molar-refractivity contribution in [2.24, 2.45) is 5.73 Å². The zero-order chi connectivity index (χ0) is 13.0. The van der Waals surface area contributed by atoms with Crippen molar-refractivity contribution in [3.05, 3.63) is 24.3 Å². The monoisotopic (exact) mass is 249 g/mol. The summed E-state index contributed by atoms with van der Waals surface area (Å²) in [5, 5.41) is 3.75. The minimum absolute atomic E-state index is 0.108. The van der Waals surface area contributed by atoms with Gasteiger partial charge in [0.2, 0.25) is 5.91 Å². The van der Waals surface area contributed by atoms with Gasteiger partial charge in [-0.05, 0) is 25.1 Å². The number of nitrogens with two attached hydrogens (primary N) is 1. The number of amides is 1. The van der Waals surface area contributed by atoms with Crippen LogP contribution in [0.15, 0.2) is 24.3 Å². The van der Waals surface area contributed by atoms with Crippen molar-refractivity contribution in [3.63, 3.8) is 0 Å². The fourth-order valence-corrected chi connectivity index (χ4v) is 2.17. The minimum Gasteiger partial charge on any atom is -0.495 e. The lowest BCUT2D eigenvalue weighted by Crippen LogP contribution is -2.40. The van der Waals surface area contributed by atoms with E-state index in [9.17, 15) is 4.79 Å². The van der Waals surface area contributed by atoms with Crippen LogP contribution in [0.2, 0.25) is 0 Å². The Kier molecular flexibility index (Phi) is 4.17. The molecule has 1 amide bonds. The van der Waals surface area contributed by atoms with E-state index in [0.717, 1.165) is 25.2 Å². The number of hydrazine groups is 1. The van der Waals surface area contributed by atoms with Crippen molar-refractivity contribution in [2.75, 3.05) is 31.8 Å². The first-order chi connectivity index (χ1) is 8.77. The first kappa shape index (κ1) is 12.9. The summed E-state index contributed by atoms with van der Waals surface area (Å²) in [5.41, 5.74) is 6.33. The largest absolute Gasteiger partial charge is 0.495 e. The van der Waals surface area contributed by atoms with Crippen LogP contribution in [0.1, 0.15) is 12.8 Å². The van der Waals surface area contributed by atoms with Gasteiger partial charge in [-0.25, -0.2) is 10.0 Å². The average Bonchev–Trinajstić information content (AvgIpc) is 2.77. The van der Waals surface area contributed by atoms with E-state index in [2.05, 4.69) is 0 Å². The standard InChI is InChI=1S/C13H19N3O2/c1-18-12-6-3-2-5-11(12)16-13(17)7-10-15(16)9-4-8-14/h2-3,5-6H,4,7-10,14H2,1H3. The molecule has 1 aromatic rings. The molecular formula is C13H19N3O2. The Balaban J connectivity index is 2.25. The predicted molar refractivity (Wildman–Crippen MR) is 70.3 cm³/mol. The molecule has 1 aliphatic rings. The number of para-hydroxylation sites is 2. The van der Waals surface area contributed by atoms with Crippen LogP contribution in [0.5, 0.6) is 5.75 Å². The van der Waals surface area contributed by atoms with Gasteiger partial charge in [-0.15, -0.1) is 0 Å². The van der Waals surface area contributed by atoms with E-state index >= 15 is 0 Å². The highest BCUT2D eigenvalue weighted by atomic mass is 16.5. The van der Waals surface area contributed by atoms with E-state index in [1.807, 2.05) is 29.3 Å². The molecule has 1 aromatic carbocycles. The first-order valence-corrected chi connectivity index (χ1v) is 6.19. The highest BCUT2D eigenvalue weighted by Gasteiger charge is 2.31. The maximum Gasteiger partial charge on any atom is 0.243 e. The molecule has 1 fully saturated rings. The molecule has 0 saturated carbocycles. The zero-order valence-corrected chi connectivity index (χ0v) is 10.6. The summed E-state index contributed by atoms with van der Waals surface area (Å²) >= 11 is 0. The smallest absolute Gasteiger partial charge is 0.243 e. The number of rotatable bonds is 5. The topological polar surface area (TPSA) is 58.8 Å². The molecule has 5 heteroatoms. The van der Waals surface area contributed by atoms with Crippen LogP contribution in [-0.4, -0.2) is 37.7 Å². The second-order valence-electron chi connectivity index (χ2n) is 4.22. The Morgan fingerprint density at radius 1 is 1.39 bits per heavy atom. The Bertz CT molecular complexity index is 422. The zero-order valence-electron chi connectivity index (χ0n) is 10.6. The number of carbonyl (C=O) groups excluding carboxylic acids is 1. The van der Waals surface area contributed by atoms with E-state index in [0.29, 0.717) is 18.7 Å². The molecule has 0 aliphatic carbocycles. The molecule has 0 spiro atoms. The summed E-state index contributed by atoms with van der Waals surface area (Å²) in [6.07, 6.45) is 1.42. The van der Waals surface area contributed by atoms with Crippen molar-refractivity contribution >= 4 is 11.6 Å². The second-order valence-corrected chi connectivity index (χ2v) is 4.22. The van der Waals surface area contributed by atoms with Gasteiger partial charge in [0, 0.05) is 19.5 Å². The van der Waals surface area contributed by atoms with Gasteiger partial charge in [0.15, 0.2) is 0 Å². The summed E-state index contributed by atoms with van der Waals surface area (Å²) in [4.78, 5) is 12.0. The van der Waals surface area contributed by atoms with Crippen LogP contribution in [-0.2, 0) is 4.79 Å². The molecule has 5 nitrogen and oxygen atoms in total. The summed E-state index contributed by atoms with van der Waals surface area (Å²) in [7, 11) is 1.61. The van der Waals surface area contributed by atoms with Crippen LogP contribution < -0.4 is 15.5 Å². The number of benzene rings is 1. The van der Waals surface area contributed by atoms with E-state index in [-0.39, 0.29) is 5.91 Å². The highest BCUT2D eigenvalue weighted by Crippen LogP contribution is 2.31. The fourth-order valence-electron chi connectivity index (χ4n) is 2.17. The maximum atomic E-state index is 12.0. The third-order valence-corrected chi connectivity index (χ3v) is 3.04. The second kappa shape index (κ2) is 5.84. The molecule has 2 N–H and O–H groups in total. The Hall–Kier alpha value is -1.59. The third kappa shape index (κ3) is 2.47. The van der Waals surface area contributed by atoms with E-state index in [4.69, 9.17) is 10.5 Å². The molecule has 1 saturated heterocycles. The van der Waals surface area contributed by atoms with Crippen LogP contribution >= 0.6 is 0 Å². The molecule has 98 valence electrons. The van der Waals surface area contributed by atoms with Gasteiger partial charge in [0.05, 0.1) is 7.11 Å². The summed E-state index contributed by atoms with van der Waals surface area (Å²) < 4.78 is 5.31. The van der Waals surface area contributed by atoms with Crippen LogP contribution in [0.25, 0.3) is 0 Å². The number of anilines is 1. The molecule has 18 heavy (non-hydrogen) atoms. The van der Waals surface area contributed by atoms with Crippen LogP contribution in [0, 0.1) is 0 Å². The lowest BCUT2D eigenvalue weighted by atomic mass is 10.3. The van der Waals surface area contributed by atoms with Gasteiger partial charge >= 0.3 is 0 Å². The van der Waals surface area contributed by atoms with Crippen molar-refractivity contribution in [1.29, 1.82) is 0 Å². The van der Waals surface area contributed by atoms with Gasteiger partial charge < -0.3 is 10.5 Å². The lowest BCUT2D eigenvalue weighted by Gasteiger charge is -2.28. The maximum absolute atomic E-state index is 12.0. The van der Waals surface area contributed by atoms with Gasteiger partial charge in [-0.2, -0.15) is 0 Å². The number of hydrogen-bond acceptors (Lipinski definition) is 4. The number of carbonyl (C=O) groups is 1. The average molecular weight is 249 g/mol. The van der Waals surface area contributed by atoms with Gasteiger partial charge in [-0.3, -0.25) is 4.79 Å². The molecule has 2 rings (SSSR count). The van der Waals surface area contributed by atoms with E-state index in [1.165, 1.54) is 0 Å². The minimum atomic E-state index is 0.108. The van der Waals surface area contributed by atoms with Crippen LogP contribution in [0.3, 0.4) is 0 Å². The fraction of sp³-hybridized carbons (Fsp3) is 0.462. The van der Waals surface area contributed by atoms with Crippen molar-refractivity contribution in [1.82, 2.24) is 5.01 Å². The SMILES string of the molecule is COc1ccccc1N1C(=O)CCN1CCCN. The van der Waals surface area contributed by atoms with E-state index in [1.54, 1.807) is 12.1 Å². The summed E-state index contributed by atoms with van der Waals surface area (Å²) in [6, 6.07) is 7.57. The van der Waals surface area contributed by atoms with Gasteiger partial charge in [-0.1, -0.05) is 12.1 Å². The summed E-state index contributed by atoms with van der Waals surface area (Å²) in [6.45, 7) is 2.17. The normalized spacial score (nSPS) is 16.3. The molecule has 0 atom stereocenters. The van der Waals surface area contributed by atoms with Gasteiger partial charge in [0.1, 0.15) is 11.4 Å². The van der Waals surface area contributed by atoms with Crippen molar-refractivity contribution in [3.8, 4) is 5.75 Å².